The Bertz CT molecular complexity index is 1430. The summed E-state index contributed by atoms with van der Waals surface area (Å²) >= 11 is 7.66. The van der Waals surface area contributed by atoms with Gasteiger partial charge < -0.3 is 4.57 Å². The molecule has 0 unspecified atom stereocenters. The first-order valence-electron chi connectivity index (χ1n) is 10.6. The standard InChI is InChI=1S/C25H20ClN5O3S/c26-20-11-3-1-9-19(20)16-30-23-14-6-4-12-21(23)28-25(30)35-17-24(32)29-27-15-7-10-18-8-2-5-13-22(18)31(33)34/h1-15H,16-17H2,(H,29,32)/b10-7+,27-15-. The van der Waals surface area contributed by atoms with E-state index in [1.165, 1.54) is 30.1 Å². The number of rotatable bonds is 9. The van der Waals surface area contributed by atoms with Crippen LogP contribution in [0.25, 0.3) is 17.1 Å². The number of hydrogen-bond acceptors (Lipinski definition) is 6. The van der Waals surface area contributed by atoms with E-state index in [9.17, 15) is 14.9 Å². The lowest BCUT2D eigenvalue weighted by molar-refractivity contribution is -0.385. The maximum Gasteiger partial charge on any atom is 0.276 e. The fraction of sp³-hybridized carbons (Fsp3) is 0.0800. The van der Waals surface area contributed by atoms with E-state index in [1.54, 1.807) is 24.3 Å². The minimum Gasteiger partial charge on any atom is -0.314 e. The third kappa shape index (κ3) is 6.14. The van der Waals surface area contributed by atoms with Crippen molar-refractivity contribution in [3.63, 3.8) is 0 Å². The van der Waals surface area contributed by atoms with E-state index in [0.29, 0.717) is 22.3 Å². The predicted octanol–water partition coefficient (Wildman–Crippen LogP) is 5.55. The second kappa shape index (κ2) is 11.5. The van der Waals surface area contributed by atoms with Crippen LogP contribution in [0.4, 0.5) is 5.69 Å². The van der Waals surface area contributed by atoms with Gasteiger partial charge in [0.1, 0.15) is 0 Å². The second-order valence-electron chi connectivity index (χ2n) is 7.34. The predicted molar refractivity (Wildman–Crippen MR) is 140 cm³/mol. The summed E-state index contributed by atoms with van der Waals surface area (Å²) in [6.45, 7) is 0.526. The maximum absolute atomic E-state index is 12.3. The number of para-hydroxylation sites is 3. The quantitative estimate of drug-likeness (QED) is 0.139. The van der Waals surface area contributed by atoms with E-state index in [1.807, 2.05) is 53.1 Å². The number of nitro groups is 1. The van der Waals surface area contributed by atoms with Gasteiger partial charge in [-0.1, -0.05) is 65.8 Å². The van der Waals surface area contributed by atoms with Gasteiger partial charge in [-0.3, -0.25) is 14.9 Å². The number of carbonyl (C=O) groups excluding carboxylic acids is 1. The van der Waals surface area contributed by atoms with Gasteiger partial charge in [0.05, 0.1) is 33.8 Å². The smallest absolute Gasteiger partial charge is 0.276 e. The molecule has 1 heterocycles. The minimum atomic E-state index is -0.450. The average molecular weight is 506 g/mol. The lowest BCUT2D eigenvalue weighted by atomic mass is 10.2. The number of nitro benzene ring substituents is 1. The summed E-state index contributed by atoms with van der Waals surface area (Å²) < 4.78 is 2.03. The number of aromatic nitrogens is 2. The van der Waals surface area contributed by atoms with E-state index >= 15 is 0 Å². The van der Waals surface area contributed by atoms with E-state index < -0.39 is 4.92 Å². The monoisotopic (exact) mass is 505 g/mol. The zero-order chi connectivity index (χ0) is 24.6. The SMILES string of the molecule is O=C(CSc1nc2ccccc2n1Cc1ccccc1Cl)N/N=C\C=C\c1ccccc1[N+](=O)[O-]. The topological polar surface area (TPSA) is 102 Å². The summed E-state index contributed by atoms with van der Waals surface area (Å²) in [7, 11) is 0. The molecule has 4 aromatic rings. The zero-order valence-corrected chi connectivity index (χ0v) is 19.9. The van der Waals surface area contributed by atoms with E-state index in [-0.39, 0.29) is 17.3 Å². The van der Waals surface area contributed by atoms with Crippen LogP contribution in [0.5, 0.6) is 0 Å². The van der Waals surface area contributed by atoms with Gasteiger partial charge in [-0.05, 0) is 42.0 Å². The molecule has 0 spiro atoms. The number of hydrogen-bond donors (Lipinski definition) is 1. The summed E-state index contributed by atoms with van der Waals surface area (Å²) in [6.07, 6.45) is 4.45. The summed E-state index contributed by atoms with van der Waals surface area (Å²) in [4.78, 5) is 27.6. The highest BCUT2D eigenvalue weighted by Gasteiger charge is 2.14. The largest absolute Gasteiger partial charge is 0.314 e. The number of nitrogens with zero attached hydrogens (tertiary/aromatic N) is 4. The van der Waals surface area contributed by atoms with Crippen molar-refractivity contribution < 1.29 is 9.72 Å². The first kappa shape index (κ1) is 24.2. The van der Waals surface area contributed by atoms with Crippen molar-refractivity contribution in [3.8, 4) is 0 Å². The molecule has 4 rings (SSSR count). The molecule has 10 heteroatoms. The Morgan fingerprint density at radius 1 is 1.11 bits per heavy atom. The van der Waals surface area contributed by atoms with Crippen LogP contribution in [0.2, 0.25) is 5.02 Å². The molecule has 0 saturated carbocycles. The number of fused-ring (bicyclic) bond motifs is 1. The van der Waals surface area contributed by atoms with Crippen molar-refractivity contribution >= 4 is 58.3 Å². The van der Waals surface area contributed by atoms with Crippen molar-refractivity contribution in [1.29, 1.82) is 0 Å². The Hall–Kier alpha value is -3.95. The Labute approximate surface area is 210 Å². The number of allylic oxidation sites excluding steroid dienone is 1. The molecule has 0 aliphatic carbocycles. The number of benzene rings is 3. The molecule has 1 amide bonds. The van der Waals surface area contributed by atoms with Crippen molar-refractivity contribution in [3.05, 3.63) is 105 Å². The molecule has 3 aromatic carbocycles. The minimum absolute atomic E-state index is 0.00253. The number of halogens is 1. The van der Waals surface area contributed by atoms with Crippen LogP contribution in [-0.2, 0) is 11.3 Å². The molecule has 35 heavy (non-hydrogen) atoms. The van der Waals surface area contributed by atoms with Crippen LogP contribution < -0.4 is 5.43 Å². The molecule has 8 nitrogen and oxygen atoms in total. The van der Waals surface area contributed by atoms with Gasteiger partial charge in [0.25, 0.3) is 11.6 Å². The van der Waals surface area contributed by atoms with Gasteiger partial charge in [0.15, 0.2) is 5.16 Å². The van der Waals surface area contributed by atoms with Gasteiger partial charge in [-0.25, -0.2) is 10.4 Å². The Morgan fingerprint density at radius 3 is 2.69 bits per heavy atom. The number of thioether (sulfide) groups is 1. The van der Waals surface area contributed by atoms with Crippen LogP contribution in [0, 0.1) is 10.1 Å². The first-order chi connectivity index (χ1) is 17.0. The number of carbonyl (C=O) groups is 1. The van der Waals surface area contributed by atoms with Crippen LogP contribution in [-0.4, -0.2) is 32.3 Å². The van der Waals surface area contributed by atoms with E-state index in [0.717, 1.165) is 16.6 Å². The normalized spacial score (nSPS) is 11.5. The molecular weight excluding hydrogens is 486 g/mol. The Kier molecular flexibility index (Phi) is 7.92. The zero-order valence-electron chi connectivity index (χ0n) is 18.4. The third-order valence-electron chi connectivity index (χ3n) is 5.00. The fourth-order valence-corrected chi connectivity index (χ4v) is 4.37. The van der Waals surface area contributed by atoms with Gasteiger partial charge >= 0.3 is 0 Å². The van der Waals surface area contributed by atoms with Crippen molar-refractivity contribution in [2.45, 2.75) is 11.7 Å². The molecule has 1 aromatic heterocycles. The first-order valence-corrected chi connectivity index (χ1v) is 11.9. The Morgan fingerprint density at radius 2 is 1.86 bits per heavy atom. The van der Waals surface area contributed by atoms with E-state index in [4.69, 9.17) is 11.6 Å². The molecule has 0 aliphatic rings. The van der Waals surface area contributed by atoms with Gasteiger partial charge in [0.2, 0.25) is 0 Å². The van der Waals surface area contributed by atoms with Crippen molar-refractivity contribution in [2.24, 2.45) is 5.10 Å². The number of nitrogens with one attached hydrogen (secondary N) is 1. The van der Waals surface area contributed by atoms with Gasteiger partial charge in [0, 0.05) is 17.3 Å². The average Bonchev–Trinajstić information content (AvgIpc) is 3.21. The van der Waals surface area contributed by atoms with Crippen molar-refractivity contribution in [2.75, 3.05) is 5.75 Å². The van der Waals surface area contributed by atoms with Crippen LogP contribution in [0.15, 0.2) is 89.1 Å². The lowest BCUT2D eigenvalue weighted by Crippen LogP contribution is -2.19. The van der Waals surface area contributed by atoms with Crippen LogP contribution >= 0.6 is 23.4 Å². The summed E-state index contributed by atoms with van der Waals surface area (Å²) in [5.41, 5.74) is 5.64. The number of imidazole rings is 1. The molecule has 0 bridgehead atoms. The number of hydrazone groups is 1. The molecule has 0 saturated heterocycles. The molecule has 0 radical (unpaired) electrons. The highest BCUT2D eigenvalue weighted by atomic mass is 35.5. The van der Waals surface area contributed by atoms with Crippen molar-refractivity contribution in [1.82, 2.24) is 15.0 Å². The second-order valence-corrected chi connectivity index (χ2v) is 8.69. The molecule has 0 atom stereocenters. The highest BCUT2D eigenvalue weighted by Crippen LogP contribution is 2.27. The van der Waals surface area contributed by atoms with Gasteiger partial charge in [-0.2, -0.15) is 5.10 Å². The Balaban J connectivity index is 1.39. The highest BCUT2D eigenvalue weighted by molar-refractivity contribution is 7.99. The maximum atomic E-state index is 12.3. The lowest BCUT2D eigenvalue weighted by Gasteiger charge is -2.10. The molecule has 176 valence electrons. The van der Waals surface area contributed by atoms with Crippen LogP contribution in [0.1, 0.15) is 11.1 Å². The molecule has 0 aliphatic heterocycles. The summed E-state index contributed by atoms with van der Waals surface area (Å²) in [5, 5.41) is 16.3. The summed E-state index contributed by atoms with van der Waals surface area (Å²) in [6, 6.07) is 21.8. The van der Waals surface area contributed by atoms with Gasteiger partial charge in [-0.15, -0.1) is 0 Å². The fourth-order valence-electron chi connectivity index (χ4n) is 3.37. The van der Waals surface area contributed by atoms with E-state index in [2.05, 4.69) is 15.5 Å². The third-order valence-corrected chi connectivity index (χ3v) is 6.34. The molecular formula is C25H20ClN5O3S. The summed E-state index contributed by atoms with van der Waals surface area (Å²) in [5.74, 6) is -0.196. The molecule has 1 N–H and O–H groups in total. The molecule has 0 fully saturated rings. The number of amides is 1. The van der Waals surface area contributed by atoms with Crippen LogP contribution in [0.3, 0.4) is 0 Å².